The van der Waals surface area contributed by atoms with E-state index in [9.17, 15) is 0 Å². The summed E-state index contributed by atoms with van der Waals surface area (Å²) in [5.41, 5.74) is 1.20. The second-order valence-corrected chi connectivity index (χ2v) is 4.09. The molecule has 1 aromatic rings. The van der Waals surface area contributed by atoms with E-state index in [1.54, 1.807) is 0 Å². The predicted octanol–water partition coefficient (Wildman–Crippen LogP) is 5.35. The molecular weight excluding hydrogens is 220 g/mol. The second-order valence-electron chi connectivity index (χ2n) is 4.09. The molecule has 0 N–H and O–H groups in total. The van der Waals surface area contributed by atoms with Gasteiger partial charge in [-0.2, -0.15) is 0 Å². The molecule has 0 atom stereocenters. The molecule has 0 aliphatic rings. The van der Waals surface area contributed by atoms with Crippen LogP contribution in [0.25, 0.3) is 0 Å². The van der Waals surface area contributed by atoms with Crippen LogP contribution in [0.5, 0.6) is 0 Å². The van der Waals surface area contributed by atoms with Gasteiger partial charge in [0.15, 0.2) is 0 Å². The first-order chi connectivity index (χ1) is 8.72. The van der Waals surface area contributed by atoms with Crippen LogP contribution >= 0.6 is 0 Å². The third-order valence-electron chi connectivity index (χ3n) is 2.08. The Kier molecular flexibility index (Phi) is 9.75. The number of hydrogen-bond donors (Lipinski definition) is 0. The fourth-order valence-corrected chi connectivity index (χ4v) is 1.39. The van der Waals surface area contributed by atoms with Crippen LogP contribution in [0.4, 0.5) is 0 Å². The maximum absolute atomic E-state index is 5.75. The first kappa shape index (κ1) is 16.5. The van der Waals surface area contributed by atoms with Gasteiger partial charge in [0.05, 0.1) is 0 Å². The number of rotatable bonds is 5. The molecule has 0 radical (unpaired) electrons. The monoisotopic (exact) mass is 246 g/mol. The molecule has 1 rings (SSSR count). The highest BCUT2D eigenvalue weighted by Gasteiger charge is 1.97. The van der Waals surface area contributed by atoms with E-state index in [1.165, 1.54) is 5.56 Å². The molecule has 0 saturated carbocycles. The van der Waals surface area contributed by atoms with Crippen LogP contribution in [0, 0.1) is 5.92 Å². The summed E-state index contributed by atoms with van der Waals surface area (Å²) in [6.45, 7) is 10.9. The molecule has 18 heavy (non-hydrogen) atoms. The van der Waals surface area contributed by atoms with Crippen molar-refractivity contribution >= 4 is 0 Å². The molecule has 0 fully saturated rings. The van der Waals surface area contributed by atoms with Crippen molar-refractivity contribution in [1.82, 2.24) is 0 Å². The molecule has 0 amide bonds. The van der Waals surface area contributed by atoms with E-state index in [1.807, 2.05) is 51.1 Å². The quantitative estimate of drug-likeness (QED) is 0.503. The fourth-order valence-electron chi connectivity index (χ4n) is 1.39. The van der Waals surface area contributed by atoms with Gasteiger partial charge in [-0.3, -0.25) is 0 Å². The van der Waals surface area contributed by atoms with Crippen molar-refractivity contribution in [2.24, 2.45) is 5.92 Å². The molecule has 1 nitrogen and oxygen atoms in total. The summed E-state index contributed by atoms with van der Waals surface area (Å²) >= 11 is 0. The molecule has 100 valence electrons. The standard InChI is InChI=1S/C15H20O.C2H6/c1-4-8-15(11-13(2)3)16-12-14-9-6-5-7-10-14;1-2/h4-11,13H,12H2,1-3H3;1-2H3/b8-4-,15-11+;. The summed E-state index contributed by atoms with van der Waals surface area (Å²) in [6, 6.07) is 10.2. The summed E-state index contributed by atoms with van der Waals surface area (Å²) in [5, 5.41) is 0. The largest absolute Gasteiger partial charge is 0.489 e. The van der Waals surface area contributed by atoms with Gasteiger partial charge in [0.1, 0.15) is 12.4 Å². The molecule has 0 aliphatic heterocycles. The summed E-state index contributed by atoms with van der Waals surface area (Å²) in [5.74, 6) is 1.45. The lowest BCUT2D eigenvalue weighted by Gasteiger charge is -2.08. The Morgan fingerprint density at radius 2 is 1.78 bits per heavy atom. The Hall–Kier alpha value is -1.50. The maximum atomic E-state index is 5.75. The highest BCUT2D eigenvalue weighted by Crippen LogP contribution is 2.10. The molecule has 1 aromatic carbocycles. The molecule has 0 bridgehead atoms. The van der Waals surface area contributed by atoms with Gasteiger partial charge in [-0.25, -0.2) is 0 Å². The summed E-state index contributed by atoms with van der Waals surface area (Å²) in [7, 11) is 0. The van der Waals surface area contributed by atoms with E-state index in [-0.39, 0.29) is 0 Å². The van der Waals surface area contributed by atoms with Gasteiger partial charge in [0, 0.05) is 0 Å². The Morgan fingerprint density at radius 1 is 1.17 bits per heavy atom. The van der Waals surface area contributed by atoms with Crippen LogP contribution in [0.2, 0.25) is 0 Å². The van der Waals surface area contributed by atoms with E-state index >= 15 is 0 Å². The van der Waals surface area contributed by atoms with Gasteiger partial charge in [-0.05, 0) is 30.6 Å². The van der Waals surface area contributed by atoms with Crippen molar-refractivity contribution in [3.63, 3.8) is 0 Å². The second kappa shape index (κ2) is 10.6. The number of ether oxygens (including phenoxy) is 1. The van der Waals surface area contributed by atoms with Gasteiger partial charge in [0.25, 0.3) is 0 Å². The molecule has 0 spiro atoms. The summed E-state index contributed by atoms with van der Waals surface area (Å²) in [6.07, 6.45) is 6.13. The molecule has 0 saturated heterocycles. The lowest BCUT2D eigenvalue weighted by atomic mass is 10.2. The van der Waals surface area contributed by atoms with Crippen LogP contribution < -0.4 is 0 Å². The maximum Gasteiger partial charge on any atom is 0.115 e. The first-order valence-corrected chi connectivity index (χ1v) is 6.73. The smallest absolute Gasteiger partial charge is 0.115 e. The summed E-state index contributed by atoms with van der Waals surface area (Å²) < 4.78 is 5.75. The van der Waals surface area contributed by atoms with Crippen LogP contribution in [0.15, 0.2) is 54.3 Å². The fraction of sp³-hybridized carbons (Fsp3) is 0.412. The molecule has 0 aromatic heterocycles. The minimum atomic E-state index is 0.502. The van der Waals surface area contributed by atoms with E-state index in [2.05, 4.69) is 32.1 Å². The van der Waals surface area contributed by atoms with E-state index in [4.69, 9.17) is 4.74 Å². The van der Waals surface area contributed by atoms with Crippen LogP contribution in [0.1, 0.15) is 40.2 Å². The predicted molar refractivity (Wildman–Crippen MR) is 80.3 cm³/mol. The van der Waals surface area contributed by atoms with E-state index in [0.29, 0.717) is 12.5 Å². The van der Waals surface area contributed by atoms with Gasteiger partial charge < -0.3 is 4.74 Å². The van der Waals surface area contributed by atoms with Crippen LogP contribution in [-0.4, -0.2) is 0 Å². The van der Waals surface area contributed by atoms with E-state index in [0.717, 1.165) is 5.76 Å². The van der Waals surface area contributed by atoms with Crippen molar-refractivity contribution in [2.75, 3.05) is 0 Å². The van der Waals surface area contributed by atoms with E-state index < -0.39 is 0 Å². The van der Waals surface area contributed by atoms with Crippen molar-refractivity contribution in [2.45, 2.75) is 41.2 Å². The van der Waals surface area contributed by atoms with Crippen molar-refractivity contribution in [3.05, 3.63) is 59.9 Å². The van der Waals surface area contributed by atoms with Gasteiger partial charge in [-0.15, -0.1) is 0 Å². The van der Waals surface area contributed by atoms with Crippen LogP contribution in [0.3, 0.4) is 0 Å². The number of benzene rings is 1. The minimum Gasteiger partial charge on any atom is -0.489 e. The Balaban J connectivity index is 0.00000137. The molecule has 1 heteroatoms. The Labute approximate surface area is 112 Å². The Morgan fingerprint density at radius 3 is 2.28 bits per heavy atom. The SMILES string of the molecule is C/C=C\C(=C/C(C)C)OCc1ccccc1.CC. The third-order valence-corrected chi connectivity index (χ3v) is 2.08. The zero-order valence-corrected chi connectivity index (χ0v) is 12.3. The van der Waals surface area contributed by atoms with Crippen molar-refractivity contribution < 1.29 is 4.74 Å². The lowest BCUT2D eigenvalue weighted by Crippen LogP contribution is -1.93. The topological polar surface area (TPSA) is 9.23 Å². The van der Waals surface area contributed by atoms with Gasteiger partial charge >= 0.3 is 0 Å². The highest BCUT2D eigenvalue weighted by molar-refractivity contribution is 5.16. The van der Waals surface area contributed by atoms with Gasteiger partial charge in [-0.1, -0.05) is 64.1 Å². The molecule has 0 heterocycles. The number of allylic oxidation sites excluding steroid dienone is 3. The Bertz CT molecular complexity index is 347. The lowest BCUT2D eigenvalue weighted by molar-refractivity contribution is 0.209. The van der Waals surface area contributed by atoms with Crippen molar-refractivity contribution in [1.29, 1.82) is 0 Å². The number of hydrogen-bond acceptors (Lipinski definition) is 1. The summed E-state index contributed by atoms with van der Waals surface area (Å²) in [4.78, 5) is 0. The highest BCUT2D eigenvalue weighted by atomic mass is 16.5. The average Bonchev–Trinajstić information content (AvgIpc) is 2.39. The zero-order valence-electron chi connectivity index (χ0n) is 12.3. The first-order valence-electron chi connectivity index (χ1n) is 6.73. The third kappa shape index (κ3) is 7.72. The van der Waals surface area contributed by atoms with Gasteiger partial charge in [0.2, 0.25) is 0 Å². The molecular formula is C17H26O. The zero-order chi connectivity index (χ0) is 13.8. The molecule has 0 unspecified atom stereocenters. The normalized spacial score (nSPS) is 11.3. The molecule has 0 aliphatic carbocycles. The van der Waals surface area contributed by atoms with Crippen LogP contribution in [-0.2, 0) is 11.3 Å². The van der Waals surface area contributed by atoms with Crippen molar-refractivity contribution in [3.8, 4) is 0 Å². The average molecular weight is 246 g/mol. The minimum absolute atomic E-state index is 0.502.